The smallest absolute Gasteiger partial charge is 0.416 e. The standard InChI is InChI=1S/C17H16F4N2O4S/c1-26-14-3-2-12(18)9-15(14)28(24,25)23-7-5-13(10-23)27-16-8-11(4-6-22-16)17(19,20)21/h2-4,6,8-9,13H,5,7,10H2,1H3/t13-/m1/s1. The lowest BCUT2D eigenvalue weighted by Crippen LogP contribution is -2.31. The molecule has 1 atom stereocenters. The van der Waals surface area contributed by atoms with Crippen LogP contribution in [0.1, 0.15) is 12.0 Å². The van der Waals surface area contributed by atoms with E-state index in [1.807, 2.05) is 0 Å². The summed E-state index contributed by atoms with van der Waals surface area (Å²) in [7, 11) is -2.81. The van der Waals surface area contributed by atoms with Crippen LogP contribution in [0.5, 0.6) is 11.6 Å². The minimum Gasteiger partial charge on any atom is -0.495 e. The van der Waals surface area contributed by atoms with Crippen molar-refractivity contribution in [2.24, 2.45) is 0 Å². The maximum Gasteiger partial charge on any atom is 0.416 e. The first kappa shape index (κ1) is 20.3. The number of aromatic nitrogens is 1. The van der Waals surface area contributed by atoms with Crippen molar-refractivity contribution in [3.63, 3.8) is 0 Å². The molecule has 1 aromatic heterocycles. The molecule has 0 spiro atoms. The van der Waals surface area contributed by atoms with E-state index in [4.69, 9.17) is 9.47 Å². The molecule has 0 saturated carbocycles. The minimum absolute atomic E-state index is 0.00897. The molecule has 11 heteroatoms. The molecule has 0 amide bonds. The number of benzene rings is 1. The maximum atomic E-state index is 13.5. The molecule has 1 aliphatic rings. The normalized spacial score (nSPS) is 18.2. The number of nitrogens with zero attached hydrogens (tertiary/aromatic N) is 2. The van der Waals surface area contributed by atoms with Crippen molar-refractivity contribution in [1.29, 1.82) is 0 Å². The molecule has 3 rings (SSSR count). The van der Waals surface area contributed by atoms with Crippen LogP contribution < -0.4 is 9.47 Å². The third-order valence-electron chi connectivity index (χ3n) is 4.20. The summed E-state index contributed by atoms with van der Waals surface area (Å²) in [6.07, 6.45) is -4.01. The summed E-state index contributed by atoms with van der Waals surface area (Å²) >= 11 is 0. The Labute approximate surface area is 158 Å². The molecule has 0 bridgehead atoms. The summed E-state index contributed by atoms with van der Waals surface area (Å²) < 4.78 is 89.0. The lowest BCUT2D eigenvalue weighted by molar-refractivity contribution is -0.137. The molecule has 1 fully saturated rings. The van der Waals surface area contributed by atoms with Crippen LogP contribution in [0.25, 0.3) is 0 Å². The topological polar surface area (TPSA) is 68.7 Å². The van der Waals surface area contributed by atoms with Gasteiger partial charge in [-0.2, -0.15) is 17.5 Å². The average molecular weight is 420 g/mol. The van der Waals surface area contributed by atoms with Gasteiger partial charge in [-0.25, -0.2) is 17.8 Å². The van der Waals surface area contributed by atoms with Crippen molar-refractivity contribution in [1.82, 2.24) is 9.29 Å². The first-order valence-corrected chi connectivity index (χ1v) is 9.59. The first-order valence-electron chi connectivity index (χ1n) is 8.15. The van der Waals surface area contributed by atoms with Gasteiger partial charge in [-0.1, -0.05) is 0 Å². The number of ether oxygens (including phenoxy) is 2. The van der Waals surface area contributed by atoms with Gasteiger partial charge in [0.2, 0.25) is 15.9 Å². The lowest BCUT2D eigenvalue weighted by atomic mass is 10.2. The van der Waals surface area contributed by atoms with Crippen LogP contribution in [0.15, 0.2) is 41.4 Å². The number of pyridine rings is 1. The third kappa shape index (κ3) is 4.20. The highest BCUT2D eigenvalue weighted by Crippen LogP contribution is 2.32. The molecule has 2 heterocycles. The molecule has 2 aromatic rings. The second-order valence-corrected chi connectivity index (χ2v) is 7.97. The Bertz CT molecular complexity index is 966. The summed E-state index contributed by atoms with van der Waals surface area (Å²) in [4.78, 5) is 3.41. The number of hydrogen-bond donors (Lipinski definition) is 0. The highest BCUT2D eigenvalue weighted by atomic mass is 32.2. The molecule has 152 valence electrons. The molecular weight excluding hydrogens is 404 g/mol. The van der Waals surface area contributed by atoms with Crippen molar-refractivity contribution in [3.05, 3.63) is 47.9 Å². The molecule has 1 aromatic carbocycles. The van der Waals surface area contributed by atoms with Crippen LogP contribution in [0.2, 0.25) is 0 Å². The second kappa shape index (κ2) is 7.55. The Morgan fingerprint density at radius 2 is 1.96 bits per heavy atom. The minimum atomic E-state index is -4.54. The Morgan fingerprint density at radius 3 is 2.64 bits per heavy atom. The molecule has 0 N–H and O–H groups in total. The van der Waals surface area contributed by atoms with Crippen molar-refractivity contribution >= 4 is 10.0 Å². The number of hydrogen-bond acceptors (Lipinski definition) is 5. The zero-order valence-electron chi connectivity index (χ0n) is 14.6. The van der Waals surface area contributed by atoms with Gasteiger partial charge in [-0.15, -0.1) is 0 Å². The van der Waals surface area contributed by atoms with Gasteiger partial charge in [0.15, 0.2) is 0 Å². The van der Waals surface area contributed by atoms with E-state index in [2.05, 4.69) is 4.98 Å². The van der Waals surface area contributed by atoms with Gasteiger partial charge >= 0.3 is 6.18 Å². The van der Waals surface area contributed by atoms with Gasteiger partial charge in [-0.05, 0) is 30.7 Å². The third-order valence-corrected chi connectivity index (χ3v) is 6.09. The average Bonchev–Trinajstić information content (AvgIpc) is 3.10. The van der Waals surface area contributed by atoms with Gasteiger partial charge in [0.05, 0.1) is 19.2 Å². The summed E-state index contributed by atoms with van der Waals surface area (Å²) in [5.41, 5.74) is -0.913. The molecule has 1 saturated heterocycles. The Morgan fingerprint density at radius 1 is 1.21 bits per heavy atom. The Kier molecular flexibility index (Phi) is 5.48. The monoisotopic (exact) mass is 420 g/mol. The van der Waals surface area contributed by atoms with Crippen molar-refractivity contribution in [2.75, 3.05) is 20.2 Å². The summed E-state index contributed by atoms with van der Waals surface area (Å²) in [5, 5.41) is 0. The van der Waals surface area contributed by atoms with Gasteiger partial charge in [0, 0.05) is 18.8 Å². The van der Waals surface area contributed by atoms with Crippen molar-refractivity contribution < 1.29 is 35.5 Å². The number of rotatable bonds is 5. The Hall–Kier alpha value is -2.40. The number of halogens is 4. The van der Waals surface area contributed by atoms with E-state index in [0.29, 0.717) is 0 Å². The van der Waals surface area contributed by atoms with Crippen LogP contribution in [-0.4, -0.2) is 44.0 Å². The molecular formula is C17H16F4N2O4S. The SMILES string of the molecule is COc1ccc(F)cc1S(=O)(=O)N1CC[C@@H](Oc2cc(C(F)(F)F)ccn2)C1. The Balaban J connectivity index is 1.76. The maximum absolute atomic E-state index is 13.5. The number of alkyl halides is 3. The number of methoxy groups -OCH3 is 1. The fraction of sp³-hybridized carbons (Fsp3) is 0.353. The number of sulfonamides is 1. The molecule has 0 radical (unpaired) electrons. The lowest BCUT2D eigenvalue weighted by Gasteiger charge is -2.19. The van der Waals surface area contributed by atoms with Gasteiger partial charge in [-0.3, -0.25) is 0 Å². The molecule has 1 aliphatic heterocycles. The predicted octanol–water partition coefficient (Wildman–Crippen LogP) is 3.09. The molecule has 0 unspecified atom stereocenters. The predicted molar refractivity (Wildman–Crippen MR) is 90.0 cm³/mol. The van der Waals surface area contributed by atoms with E-state index in [1.54, 1.807) is 0 Å². The fourth-order valence-corrected chi connectivity index (χ4v) is 4.48. The molecule has 6 nitrogen and oxygen atoms in total. The second-order valence-electron chi connectivity index (χ2n) is 6.07. The van der Waals surface area contributed by atoms with E-state index < -0.39 is 33.7 Å². The van der Waals surface area contributed by atoms with Gasteiger partial charge in [0.25, 0.3) is 0 Å². The van der Waals surface area contributed by atoms with Crippen LogP contribution >= 0.6 is 0 Å². The molecule has 28 heavy (non-hydrogen) atoms. The summed E-state index contributed by atoms with van der Waals surface area (Å²) in [6, 6.07) is 4.71. The first-order chi connectivity index (χ1) is 13.1. The highest BCUT2D eigenvalue weighted by Gasteiger charge is 2.36. The van der Waals surface area contributed by atoms with E-state index in [1.165, 1.54) is 13.2 Å². The zero-order chi connectivity index (χ0) is 20.5. The molecule has 0 aliphatic carbocycles. The van der Waals surface area contributed by atoms with Crippen LogP contribution in [0.4, 0.5) is 17.6 Å². The summed E-state index contributed by atoms with van der Waals surface area (Å²) in [5.74, 6) is -0.993. The zero-order valence-corrected chi connectivity index (χ0v) is 15.4. The van der Waals surface area contributed by atoms with Crippen LogP contribution in [0, 0.1) is 5.82 Å². The van der Waals surface area contributed by atoms with Crippen LogP contribution in [-0.2, 0) is 16.2 Å². The highest BCUT2D eigenvalue weighted by molar-refractivity contribution is 7.89. The fourth-order valence-electron chi connectivity index (χ4n) is 2.82. The van der Waals surface area contributed by atoms with Crippen molar-refractivity contribution in [2.45, 2.75) is 23.6 Å². The van der Waals surface area contributed by atoms with E-state index in [0.717, 1.165) is 34.8 Å². The van der Waals surface area contributed by atoms with Crippen molar-refractivity contribution in [3.8, 4) is 11.6 Å². The van der Waals surface area contributed by atoms with E-state index in [-0.39, 0.29) is 36.0 Å². The van der Waals surface area contributed by atoms with Crippen LogP contribution in [0.3, 0.4) is 0 Å². The van der Waals surface area contributed by atoms with Gasteiger partial charge < -0.3 is 9.47 Å². The largest absolute Gasteiger partial charge is 0.495 e. The summed E-state index contributed by atoms with van der Waals surface area (Å²) in [6.45, 7) is -0.0500. The van der Waals surface area contributed by atoms with E-state index in [9.17, 15) is 26.0 Å². The van der Waals surface area contributed by atoms with E-state index >= 15 is 0 Å². The van der Waals surface area contributed by atoms with Gasteiger partial charge in [0.1, 0.15) is 22.6 Å². The quantitative estimate of drug-likeness (QED) is 0.696.